The van der Waals surface area contributed by atoms with Crippen LogP contribution in [0.2, 0.25) is 0 Å². The summed E-state index contributed by atoms with van der Waals surface area (Å²) in [5, 5.41) is 3.75. The zero-order valence-corrected chi connectivity index (χ0v) is 15.9. The third-order valence-electron chi connectivity index (χ3n) is 3.79. The summed E-state index contributed by atoms with van der Waals surface area (Å²) in [6.07, 6.45) is 0.789. The SMILES string of the molecule is COc1ccccc1NC(=O)CSc1nc2c(c(=O)n1C)S[C@@H](C)C2. The third-order valence-corrected chi connectivity index (χ3v) is 6.04. The second kappa shape index (κ2) is 7.53. The number of nitrogens with one attached hydrogen (secondary N) is 1. The molecule has 0 saturated heterocycles. The van der Waals surface area contributed by atoms with Gasteiger partial charge in [-0.15, -0.1) is 11.8 Å². The van der Waals surface area contributed by atoms with Gasteiger partial charge in [0.2, 0.25) is 5.91 Å². The zero-order valence-electron chi connectivity index (χ0n) is 14.2. The number of rotatable bonds is 5. The van der Waals surface area contributed by atoms with Crippen LogP contribution < -0.4 is 15.6 Å². The number of anilines is 1. The number of amides is 1. The molecular formula is C17H19N3O3S2. The van der Waals surface area contributed by atoms with Crippen LogP contribution in [0.1, 0.15) is 12.6 Å². The Morgan fingerprint density at radius 2 is 2.24 bits per heavy atom. The summed E-state index contributed by atoms with van der Waals surface area (Å²) < 4.78 is 6.74. The largest absolute Gasteiger partial charge is 0.495 e. The molecule has 0 radical (unpaired) electrons. The van der Waals surface area contributed by atoms with Crippen molar-refractivity contribution < 1.29 is 9.53 Å². The molecule has 8 heteroatoms. The fraction of sp³-hybridized carbons (Fsp3) is 0.353. The first-order valence-electron chi connectivity index (χ1n) is 7.81. The lowest BCUT2D eigenvalue weighted by atomic mass is 10.2. The molecule has 132 valence electrons. The molecule has 0 unspecified atom stereocenters. The minimum Gasteiger partial charge on any atom is -0.495 e. The summed E-state index contributed by atoms with van der Waals surface area (Å²) in [6.45, 7) is 2.08. The number of thioether (sulfide) groups is 2. The van der Waals surface area contributed by atoms with Gasteiger partial charge in [0.1, 0.15) is 5.75 Å². The number of fused-ring (bicyclic) bond motifs is 1. The predicted molar refractivity (Wildman–Crippen MR) is 101 cm³/mol. The first kappa shape index (κ1) is 17.9. The fourth-order valence-electron chi connectivity index (χ4n) is 2.57. The number of hydrogen-bond donors (Lipinski definition) is 1. The van der Waals surface area contributed by atoms with Crippen molar-refractivity contribution in [3.8, 4) is 5.75 Å². The summed E-state index contributed by atoms with van der Waals surface area (Å²) in [6, 6.07) is 7.24. The van der Waals surface area contributed by atoms with E-state index in [0.717, 1.165) is 17.0 Å². The number of methoxy groups -OCH3 is 1. The summed E-state index contributed by atoms with van der Waals surface area (Å²) in [5.41, 5.74) is 1.43. The van der Waals surface area contributed by atoms with Crippen LogP contribution in [0.15, 0.2) is 39.1 Å². The smallest absolute Gasteiger partial charge is 0.267 e. The fourth-order valence-corrected chi connectivity index (χ4v) is 4.50. The van der Waals surface area contributed by atoms with Crippen molar-refractivity contribution in [1.82, 2.24) is 9.55 Å². The molecule has 0 fully saturated rings. The molecule has 3 rings (SSSR count). The lowest BCUT2D eigenvalue weighted by molar-refractivity contribution is -0.113. The highest BCUT2D eigenvalue weighted by molar-refractivity contribution is 8.00. The highest BCUT2D eigenvalue weighted by atomic mass is 32.2. The van der Waals surface area contributed by atoms with Gasteiger partial charge in [0.25, 0.3) is 5.56 Å². The molecular weight excluding hydrogens is 358 g/mol. The Morgan fingerprint density at radius 3 is 3.00 bits per heavy atom. The van der Waals surface area contributed by atoms with Crippen LogP contribution in [0.3, 0.4) is 0 Å². The van der Waals surface area contributed by atoms with Gasteiger partial charge in [0.15, 0.2) is 5.16 Å². The Bertz CT molecular complexity index is 867. The Kier molecular flexibility index (Phi) is 5.39. The molecule has 2 heterocycles. The number of ether oxygens (including phenoxy) is 1. The van der Waals surface area contributed by atoms with E-state index in [1.165, 1.54) is 16.3 Å². The van der Waals surface area contributed by atoms with Gasteiger partial charge in [0, 0.05) is 18.7 Å². The molecule has 1 aliphatic rings. The first-order valence-corrected chi connectivity index (χ1v) is 9.68. The van der Waals surface area contributed by atoms with Crippen molar-refractivity contribution in [2.45, 2.75) is 28.6 Å². The summed E-state index contributed by atoms with van der Waals surface area (Å²) in [5.74, 6) is 0.599. The monoisotopic (exact) mass is 377 g/mol. The number of hydrogen-bond acceptors (Lipinski definition) is 6. The average molecular weight is 377 g/mol. The Hall–Kier alpha value is -1.93. The average Bonchev–Trinajstić information content (AvgIpc) is 2.98. The van der Waals surface area contributed by atoms with Crippen LogP contribution in [0, 0.1) is 0 Å². The first-order chi connectivity index (χ1) is 12.0. The summed E-state index contributed by atoms with van der Waals surface area (Å²) >= 11 is 2.83. The topological polar surface area (TPSA) is 73.2 Å². The predicted octanol–water partition coefficient (Wildman–Crippen LogP) is 2.56. The molecule has 1 aliphatic heterocycles. The van der Waals surface area contributed by atoms with Crippen LogP contribution >= 0.6 is 23.5 Å². The maximum Gasteiger partial charge on any atom is 0.267 e. The van der Waals surface area contributed by atoms with Gasteiger partial charge in [-0.1, -0.05) is 30.8 Å². The van der Waals surface area contributed by atoms with E-state index in [4.69, 9.17) is 4.74 Å². The van der Waals surface area contributed by atoms with Gasteiger partial charge < -0.3 is 10.1 Å². The van der Waals surface area contributed by atoms with Crippen LogP contribution in [-0.4, -0.2) is 33.6 Å². The van der Waals surface area contributed by atoms with Crippen LogP contribution in [0.25, 0.3) is 0 Å². The molecule has 2 aromatic rings. The summed E-state index contributed by atoms with van der Waals surface area (Å²) in [4.78, 5) is 30.0. The number of carbonyl (C=O) groups excluding carboxylic acids is 1. The van der Waals surface area contributed by atoms with Crippen molar-refractivity contribution in [3.05, 3.63) is 40.3 Å². The van der Waals surface area contributed by atoms with E-state index in [0.29, 0.717) is 21.8 Å². The van der Waals surface area contributed by atoms with Gasteiger partial charge in [-0.3, -0.25) is 14.2 Å². The normalized spacial score (nSPS) is 15.7. The summed E-state index contributed by atoms with van der Waals surface area (Å²) in [7, 11) is 3.25. The van der Waals surface area contributed by atoms with Crippen molar-refractivity contribution in [2.24, 2.45) is 7.05 Å². The number of aromatic nitrogens is 2. The maximum atomic E-state index is 12.4. The molecule has 1 amide bonds. The Labute approximate surface area is 154 Å². The van der Waals surface area contributed by atoms with E-state index in [1.807, 2.05) is 12.1 Å². The quantitative estimate of drug-likeness (QED) is 0.638. The highest BCUT2D eigenvalue weighted by Crippen LogP contribution is 2.34. The van der Waals surface area contributed by atoms with Crippen molar-refractivity contribution in [2.75, 3.05) is 18.2 Å². The van der Waals surface area contributed by atoms with E-state index >= 15 is 0 Å². The van der Waals surface area contributed by atoms with E-state index in [2.05, 4.69) is 17.2 Å². The molecule has 0 aliphatic carbocycles. The van der Waals surface area contributed by atoms with E-state index in [-0.39, 0.29) is 17.2 Å². The maximum absolute atomic E-state index is 12.4. The molecule has 1 N–H and O–H groups in total. The second-order valence-electron chi connectivity index (χ2n) is 5.70. The Balaban J connectivity index is 1.70. The van der Waals surface area contributed by atoms with Gasteiger partial charge in [0.05, 0.1) is 29.1 Å². The number of para-hydroxylation sites is 2. The zero-order chi connectivity index (χ0) is 18.0. The molecule has 25 heavy (non-hydrogen) atoms. The molecule has 1 atom stereocenters. The minimum absolute atomic E-state index is 0.0352. The van der Waals surface area contributed by atoms with Crippen LogP contribution in [0.5, 0.6) is 5.75 Å². The molecule has 1 aromatic heterocycles. The molecule has 0 bridgehead atoms. The van der Waals surface area contributed by atoms with E-state index in [1.54, 1.807) is 38.1 Å². The third kappa shape index (κ3) is 3.85. The lowest BCUT2D eigenvalue weighted by Crippen LogP contribution is -2.23. The molecule has 0 saturated carbocycles. The van der Waals surface area contributed by atoms with Gasteiger partial charge in [-0.05, 0) is 12.1 Å². The number of nitrogens with zero attached hydrogens (tertiary/aromatic N) is 2. The molecule has 1 aromatic carbocycles. The van der Waals surface area contributed by atoms with Crippen LogP contribution in [-0.2, 0) is 18.3 Å². The highest BCUT2D eigenvalue weighted by Gasteiger charge is 2.25. The minimum atomic E-state index is -0.174. The van der Waals surface area contributed by atoms with Gasteiger partial charge in [-0.2, -0.15) is 0 Å². The van der Waals surface area contributed by atoms with Crippen molar-refractivity contribution in [1.29, 1.82) is 0 Å². The standard InChI is InChI=1S/C17H19N3O3S2/c1-10-8-12-15(25-10)16(22)20(2)17(19-12)24-9-14(21)18-11-6-4-5-7-13(11)23-3/h4-7,10H,8-9H2,1-3H3,(H,18,21)/t10-/m0/s1. The molecule has 0 spiro atoms. The van der Waals surface area contributed by atoms with Crippen molar-refractivity contribution in [3.63, 3.8) is 0 Å². The van der Waals surface area contributed by atoms with Gasteiger partial charge in [-0.25, -0.2) is 4.98 Å². The van der Waals surface area contributed by atoms with E-state index in [9.17, 15) is 9.59 Å². The van der Waals surface area contributed by atoms with Crippen LogP contribution in [0.4, 0.5) is 5.69 Å². The van der Waals surface area contributed by atoms with E-state index < -0.39 is 0 Å². The van der Waals surface area contributed by atoms with Crippen molar-refractivity contribution >= 4 is 35.1 Å². The number of benzene rings is 1. The Morgan fingerprint density at radius 1 is 1.48 bits per heavy atom. The molecule has 6 nitrogen and oxygen atoms in total. The van der Waals surface area contributed by atoms with Gasteiger partial charge >= 0.3 is 0 Å². The second-order valence-corrected chi connectivity index (χ2v) is 8.10. The lowest BCUT2D eigenvalue weighted by Gasteiger charge is -2.11. The number of carbonyl (C=O) groups is 1.